The molecule has 168 valence electrons. The van der Waals surface area contributed by atoms with Gasteiger partial charge in [-0.15, -0.1) is 0 Å². The first-order valence-electron chi connectivity index (χ1n) is 9.98. The molecule has 0 saturated carbocycles. The summed E-state index contributed by atoms with van der Waals surface area (Å²) in [5.41, 5.74) is 3.95. The Morgan fingerprint density at radius 1 is 1.03 bits per heavy atom. The molecule has 0 bridgehead atoms. The molecule has 8 heteroatoms. The number of para-hydroxylation sites is 2. The lowest BCUT2D eigenvalue weighted by molar-refractivity contribution is 0.0600. The fraction of sp³-hybridized carbons (Fsp3) is 0.120. The molecule has 4 aromatic rings. The monoisotopic (exact) mass is 498 g/mol. The number of carbonyl (C=O) groups excluding carboxylic acids is 1. The minimum atomic E-state index is -0.356. The maximum Gasteiger partial charge on any atom is 0.337 e. The van der Waals surface area contributed by atoms with E-state index in [9.17, 15) is 4.79 Å². The number of ether oxygens (including phenoxy) is 2. The Morgan fingerprint density at radius 2 is 1.79 bits per heavy atom. The van der Waals surface area contributed by atoms with Crippen LogP contribution in [0.15, 0.2) is 78.1 Å². The van der Waals surface area contributed by atoms with Gasteiger partial charge in [0.1, 0.15) is 5.75 Å². The van der Waals surface area contributed by atoms with Crippen molar-refractivity contribution in [2.75, 3.05) is 14.2 Å². The van der Waals surface area contributed by atoms with Gasteiger partial charge in [0.2, 0.25) is 0 Å². The third-order valence-electron chi connectivity index (χ3n) is 4.97. The van der Waals surface area contributed by atoms with Crippen LogP contribution in [0.5, 0.6) is 5.75 Å². The smallest absolute Gasteiger partial charge is 0.337 e. The largest absolute Gasteiger partial charge is 0.495 e. The van der Waals surface area contributed by atoms with Crippen molar-refractivity contribution in [3.63, 3.8) is 0 Å². The van der Waals surface area contributed by atoms with E-state index in [2.05, 4.69) is 0 Å². The number of methoxy groups -OCH3 is 2. The summed E-state index contributed by atoms with van der Waals surface area (Å²) in [6.07, 6.45) is 1.94. The average molecular weight is 499 g/mol. The number of benzene rings is 3. The van der Waals surface area contributed by atoms with E-state index in [1.165, 1.54) is 7.11 Å². The van der Waals surface area contributed by atoms with E-state index in [4.69, 9.17) is 37.7 Å². The number of aromatic nitrogens is 2. The van der Waals surface area contributed by atoms with Crippen LogP contribution in [-0.4, -0.2) is 29.7 Å². The van der Waals surface area contributed by atoms with E-state index in [0.29, 0.717) is 21.4 Å². The van der Waals surface area contributed by atoms with Crippen molar-refractivity contribution in [2.45, 2.75) is 10.9 Å². The number of imidazole rings is 1. The quantitative estimate of drug-likeness (QED) is 0.204. The molecule has 0 spiro atoms. The number of carbonyl (C=O) groups is 1. The van der Waals surface area contributed by atoms with Crippen molar-refractivity contribution in [3.05, 3.63) is 94.1 Å². The summed E-state index contributed by atoms with van der Waals surface area (Å²) in [4.78, 5) is 16.5. The van der Waals surface area contributed by atoms with Crippen LogP contribution >= 0.6 is 35.0 Å². The highest BCUT2D eigenvalue weighted by molar-refractivity contribution is 7.98. The lowest BCUT2D eigenvalue weighted by Crippen LogP contribution is -2.01. The van der Waals surface area contributed by atoms with E-state index in [1.54, 1.807) is 43.1 Å². The van der Waals surface area contributed by atoms with Crippen molar-refractivity contribution in [1.82, 2.24) is 9.55 Å². The van der Waals surface area contributed by atoms with Crippen molar-refractivity contribution >= 4 is 40.9 Å². The molecule has 33 heavy (non-hydrogen) atoms. The number of nitrogens with zero attached hydrogens (tertiary/aromatic N) is 2. The Bertz CT molecular complexity index is 1290. The third-order valence-corrected chi connectivity index (χ3v) is 6.54. The van der Waals surface area contributed by atoms with Crippen LogP contribution in [0.3, 0.4) is 0 Å². The van der Waals surface area contributed by atoms with Gasteiger partial charge in [-0.1, -0.05) is 59.2 Å². The number of esters is 1. The van der Waals surface area contributed by atoms with Gasteiger partial charge in [0.15, 0.2) is 5.16 Å². The summed E-state index contributed by atoms with van der Waals surface area (Å²) in [6, 6.07) is 20.4. The summed E-state index contributed by atoms with van der Waals surface area (Å²) in [7, 11) is 3.01. The normalized spacial score (nSPS) is 10.8. The van der Waals surface area contributed by atoms with E-state index in [1.807, 2.05) is 53.2 Å². The van der Waals surface area contributed by atoms with Crippen LogP contribution in [0.4, 0.5) is 0 Å². The van der Waals surface area contributed by atoms with Crippen LogP contribution in [0.1, 0.15) is 15.9 Å². The first kappa shape index (κ1) is 23.2. The van der Waals surface area contributed by atoms with Crippen LogP contribution < -0.4 is 4.74 Å². The molecule has 0 saturated heterocycles. The van der Waals surface area contributed by atoms with Crippen LogP contribution in [-0.2, 0) is 10.5 Å². The fourth-order valence-corrected chi connectivity index (χ4v) is 4.74. The highest BCUT2D eigenvalue weighted by atomic mass is 35.5. The van der Waals surface area contributed by atoms with Gasteiger partial charge in [-0.25, -0.2) is 9.78 Å². The summed E-state index contributed by atoms with van der Waals surface area (Å²) < 4.78 is 12.3. The molecule has 1 heterocycles. The Morgan fingerprint density at radius 3 is 2.48 bits per heavy atom. The molecular formula is C25H20Cl2N2O3S. The van der Waals surface area contributed by atoms with E-state index < -0.39 is 0 Å². The summed E-state index contributed by atoms with van der Waals surface area (Å²) >= 11 is 14.1. The molecule has 0 radical (unpaired) electrons. The van der Waals surface area contributed by atoms with Gasteiger partial charge in [-0.2, -0.15) is 0 Å². The van der Waals surface area contributed by atoms with Crippen LogP contribution in [0.2, 0.25) is 10.0 Å². The maximum absolute atomic E-state index is 11.7. The van der Waals surface area contributed by atoms with Gasteiger partial charge in [0, 0.05) is 22.5 Å². The second kappa shape index (κ2) is 10.3. The third kappa shape index (κ3) is 5.19. The van der Waals surface area contributed by atoms with E-state index in [-0.39, 0.29) is 5.97 Å². The van der Waals surface area contributed by atoms with Crippen LogP contribution in [0.25, 0.3) is 16.9 Å². The first-order chi connectivity index (χ1) is 16.0. The Balaban J connectivity index is 1.69. The molecule has 0 aliphatic carbocycles. The standard InChI is InChI=1S/C25H20Cl2N2O3S/c1-31-23-6-4-3-5-22(23)29-14-21(19-12-11-18(26)13-20(19)27)28-25(29)33-15-16-7-9-17(10-8-16)24(30)32-2/h3-14H,15H2,1-2H3. The average Bonchev–Trinajstić information content (AvgIpc) is 3.26. The minimum Gasteiger partial charge on any atom is -0.495 e. The molecule has 0 amide bonds. The molecule has 4 rings (SSSR count). The molecule has 0 aliphatic heterocycles. The minimum absolute atomic E-state index is 0.356. The highest BCUT2D eigenvalue weighted by Crippen LogP contribution is 2.35. The zero-order chi connectivity index (χ0) is 23.4. The van der Waals surface area contributed by atoms with Crippen LogP contribution in [0, 0.1) is 0 Å². The summed E-state index contributed by atoms with van der Waals surface area (Å²) in [6.45, 7) is 0. The fourth-order valence-electron chi connectivity index (χ4n) is 3.30. The van der Waals surface area contributed by atoms with Crippen molar-refractivity contribution in [1.29, 1.82) is 0 Å². The lowest BCUT2D eigenvalue weighted by Gasteiger charge is -2.11. The molecule has 1 aromatic heterocycles. The summed E-state index contributed by atoms with van der Waals surface area (Å²) in [5.74, 6) is 1.03. The Hall–Kier alpha value is -2.93. The zero-order valence-corrected chi connectivity index (χ0v) is 20.2. The Kier molecular flexibility index (Phi) is 7.28. The number of hydrogen-bond acceptors (Lipinski definition) is 5. The van der Waals surface area contributed by atoms with Gasteiger partial charge in [0.25, 0.3) is 0 Å². The second-order valence-corrected chi connectivity index (χ2v) is 8.84. The van der Waals surface area contributed by atoms with Gasteiger partial charge in [0.05, 0.1) is 36.2 Å². The number of thioether (sulfide) groups is 1. The molecule has 0 atom stereocenters. The molecule has 0 fully saturated rings. The highest BCUT2D eigenvalue weighted by Gasteiger charge is 2.17. The number of halogens is 2. The lowest BCUT2D eigenvalue weighted by atomic mass is 10.1. The summed E-state index contributed by atoms with van der Waals surface area (Å²) in [5, 5.41) is 1.87. The molecule has 0 aliphatic rings. The van der Waals surface area contributed by atoms with Crippen molar-refractivity contribution < 1.29 is 14.3 Å². The number of rotatable bonds is 7. The predicted octanol–water partition coefficient (Wildman–Crippen LogP) is 6.93. The molecule has 3 aromatic carbocycles. The van der Waals surface area contributed by atoms with Gasteiger partial charge >= 0.3 is 5.97 Å². The Labute approximate surface area is 206 Å². The molecule has 5 nitrogen and oxygen atoms in total. The van der Waals surface area contributed by atoms with E-state index in [0.717, 1.165) is 33.4 Å². The molecular weight excluding hydrogens is 479 g/mol. The van der Waals surface area contributed by atoms with Crippen molar-refractivity contribution in [3.8, 4) is 22.7 Å². The zero-order valence-electron chi connectivity index (χ0n) is 17.9. The van der Waals surface area contributed by atoms with E-state index >= 15 is 0 Å². The SMILES string of the molecule is COC(=O)c1ccc(CSc2nc(-c3ccc(Cl)cc3Cl)cn2-c2ccccc2OC)cc1. The van der Waals surface area contributed by atoms with Crippen molar-refractivity contribution in [2.24, 2.45) is 0 Å². The second-order valence-electron chi connectivity index (χ2n) is 7.05. The maximum atomic E-state index is 11.7. The van der Waals surface area contributed by atoms with Gasteiger partial charge in [-0.05, 0) is 48.0 Å². The predicted molar refractivity (Wildman–Crippen MR) is 133 cm³/mol. The first-order valence-corrected chi connectivity index (χ1v) is 11.7. The molecule has 0 N–H and O–H groups in total. The van der Waals surface area contributed by atoms with Gasteiger partial charge < -0.3 is 9.47 Å². The topological polar surface area (TPSA) is 53.3 Å². The van der Waals surface area contributed by atoms with Gasteiger partial charge in [-0.3, -0.25) is 4.57 Å². The molecule has 0 unspecified atom stereocenters. The number of hydrogen-bond donors (Lipinski definition) is 0.